The van der Waals surface area contributed by atoms with Gasteiger partial charge in [-0.05, 0) is 37.6 Å². The van der Waals surface area contributed by atoms with Gasteiger partial charge in [-0.15, -0.1) is 0 Å². The van der Waals surface area contributed by atoms with Crippen LogP contribution in [0.15, 0.2) is 33.9 Å². The lowest BCUT2D eigenvalue weighted by Gasteiger charge is -2.13. The van der Waals surface area contributed by atoms with Crippen LogP contribution in [-0.2, 0) is 18.4 Å². The standard InChI is InChI=1S/C20H22N4O5/c1-11-8-12(2)21-18-17(11)19(26)24(20(27)23(18)3)10-16(25)22-13-6-7-14(28-4)15(9-13)29-5/h6-9H,10H2,1-5H3,(H,22,25). The zero-order chi connectivity index (χ0) is 21.3. The Balaban J connectivity index is 1.97. The van der Waals surface area contributed by atoms with E-state index >= 15 is 0 Å². The number of benzene rings is 1. The summed E-state index contributed by atoms with van der Waals surface area (Å²) in [5.41, 5.74) is 0.995. The fourth-order valence-corrected chi connectivity index (χ4v) is 3.22. The van der Waals surface area contributed by atoms with Crippen molar-refractivity contribution in [3.05, 3.63) is 56.4 Å². The summed E-state index contributed by atoms with van der Waals surface area (Å²) in [5, 5.41) is 2.98. The molecule has 0 aliphatic heterocycles. The molecule has 0 fully saturated rings. The summed E-state index contributed by atoms with van der Waals surface area (Å²) in [6, 6.07) is 6.64. The molecule has 0 unspecified atom stereocenters. The Kier molecular flexibility index (Phi) is 5.40. The molecule has 1 amide bonds. The predicted octanol–water partition coefficient (Wildman–Crippen LogP) is 1.37. The molecule has 0 atom stereocenters. The fourth-order valence-electron chi connectivity index (χ4n) is 3.22. The van der Waals surface area contributed by atoms with Crippen molar-refractivity contribution in [3.63, 3.8) is 0 Å². The van der Waals surface area contributed by atoms with Crippen molar-refractivity contribution in [2.75, 3.05) is 19.5 Å². The first kappa shape index (κ1) is 20.1. The van der Waals surface area contributed by atoms with Crippen molar-refractivity contribution in [2.24, 2.45) is 7.05 Å². The van der Waals surface area contributed by atoms with Crippen LogP contribution < -0.4 is 26.0 Å². The molecule has 0 bridgehead atoms. The predicted molar refractivity (Wildman–Crippen MR) is 109 cm³/mol. The maximum Gasteiger partial charge on any atom is 0.332 e. The molecule has 3 aromatic rings. The number of anilines is 1. The van der Waals surface area contributed by atoms with Gasteiger partial charge >= 0.3 is 5.69 Å². The summed E-state index contributed by atoms with van der Waals surface area (Å²) in [7, 11) is 4.52. The number of nitrogens with zero attached hydrogens (tertiary/aromatic N) is 3. The number of nitrogens with one attached hydrogen (secondary N) is 1. The first-order valence-electron chi connectivity index (χ1n) is 8.86. The number of ether oxygens (including phenoxy) is 2. The van der Waals surface area contributed by atoms with Gasteiger partial charge in [0.05, 0.1) is 19.6 Å². The third-order valence-electron chi connectivity index (χ3n) is 4.59. The lowest BCUT2D eigenvalue weighted by atomic mass is 10.2. The second-order valence-corrected chi connectivity index (χ2v) is 6.63. The highest BCUT2D eigenvalue weighted by molar-refractivity contribution is 5.91. The van der Waals surface area contributed by atoms with Gasteiger partial charge in [-0.25, -0.2) is 9.78 Å². The number of amides is 1. The molecule has 0 saturated heterocycles. The number of aromatic nitrogens is 3. The molecule has 1 aromatic carbocycles. The van der Waals surface area contributed by atoms with Crippen LogP contribution in [0.25, 0.3) is 11.0 Å². The van der Waals surface area contributed by atoms with E-state index < -0.39 is 23.7 Å². The van der Waals surface area contributed by atoms with Crippen LogP contribution in [0.2, 0.25) is 0 Å². The zero-order valence-corrected chi connectivity index (χ0v) is 16.9. The van der Waals surface area contributed by atoms with Crippen molar-refractivity contribution >= 4 is 22.6 Å². The largest absolute Gasteiger partial charge is 0.493 e. The smallest absolute Gasteiger partial charge is 0.332 e. The van der Waals surface area contributed by atoms with Crippen molar-refractivity contribution in [1.29, 1.82) is 0 Å². The van der Waals surface area contributed by atoms with E-state index in [0.717, 1.165) is 4.57 Å². The molecule has 9 nitrogen and oxygen atoms in total. The maximum atomic E-state index is 12.9. The van der Waals surface area contributed by atoms with Gasteiger partial charge in [-0.3, -0.25) is 18.7 Å². The van der Waals surface area contributed by atoms with Gasteiger partial charge < -0.3 is 14.8 Å². The van der Waals surface area contributed by atoms with Crippen LogP contribution in [-0.4, -0.2) is 34.2 Å². The summed E-state index contributed by atoms with van der Waals surface area (Å²) in [6.45, 7) is 3.14. The summed E-state index contributed by atoms with van der Waals surface area (Å²) >= 11 is 0. The summed E-state index contributed by atoms with van der Waals surface area (Å²) < 4.78 is 12.6. The Labute approximate surface area is 166 Å². The average molecular weight is 398 g/mol. The molecule has 3 rings (SSSR count). The number of carbonyl (C=O) groups is 1. The maximum absolute atomic E-state index is 12.9. The summed E-state index contributed by atoms with van der Waals surface area (Å²) in [6.07, 6.45) is 0. The Bertz CT molecular complexity index is 1230. The first-order valence-corrected chi connectivity index (χ1v) is 8.86. The number of fused-ring (bicyclic) bond motifs is 1. The normalized spacial score (nSPS) is 10.8. The Hall–Kier alpha value is -3.62. The minimum absolute atomic E-state index is 0.300. The van der Waals surface area contributed by atoms with Gasteiger partial charge in [0.15, 0.2) is 11.5 Å². The molecule has 152 valence electrons. The molecule has 0 spiro atoms. The molecule has 2 heterocycles. The minimum atomic E-state index is -0.609. The quantitative estimate of drug-likeness (QED) is 0.696. The van der Waals surface area contributed by atoms with E-state index in [0.29, 0.717) is 39.5 Å². The number of hydrogen-bond acceptors (Lipinski definition) is 6. The van der Waals surface area contributed by atoms with Crippen LogP contribution >= 0.6 is 0 Å². The van der Waals surface area contributed by atoms with Crippen LogP contribution in [0.5, 0.6) is 11.5 Å². The second-order valence-electron chi connectivity index (χ2n) is 6.63. The Morgan fingerprint density at radius 3 is 2.45 bits per heavy atom. The van der Waals surface area contributed by atoms with Crippen molar-refractivity contribution in [3.8, 4) is 11.5 Å². The van der Waals surface area contributed by atoms with E-state index in [1.165, 1.54) is 25.8 Å². The molecule has 0 radical (unpaired) electrons. The zero-order valence-electron chi connectivity index (χ0n) is 16.9. The molecule has 9 heteroatoms. The van der Waals surface area contributed by atoms with Crippen LogP contribution in [0.3, 0.4) is 0 Å². The van der Waals surface area contributed by atoms with Gasteiger partial charge in [0.1, 0.15) is 12.2 Å². The molecule has 2 aromatic heterocycles. The molecular weight excluding hydrogens is 376 g/mol. The first-order chi connectivity index (χ1) is 13.8. The minimum Gasteiger partial charge on any atom is -0.493 e. The van der Waals surface area contributed by atoms with E-state index in [4.69, 9.17) is 9.47 Å². The number of carbonyl (C=O) groups excluding carboxylic acids is 1. The Morgan fingerprint density at radius 2 is 1.79 bits per heavy atom. The second kappa shape index (κ2) is 7.78. The highest BCUT2D eigenvalue weighted by Crippen LogP contribution is 2.29. The monoisotopic (exact) mass is 398 g/mol. The number of pyridine rings is 1. The third-order valence-corrected chi connectivity index (χ3v) is 4.59. The van der Waals surface area contributed by atoms with Gasteiger partial charge in [0, 0.05) is 24.5 Å². The summed E-state index contributed by atoms with van der Waals surface area (Å²) in [5.74, 6) is 0.443. The van der Waals surface area contributed by atoms with Crippen molar-refractivity contribution in [1.82, 2.24) is 14.1 Å². The fraction of sp³-hybridized carbons (Fsp3) is 0.300. The number of aryl methyl sites for hydroxylation is 3. The van der Waals surface area contributed by atoms with Gasteiger partial charge in [-0.1, -0.05) is 0 Å². The molecule has 0 saturated carbocycles. The van der Waals surface area contributed by atoms with Gasteiger partial charge in [0.2, 0.25) is 5.91 Å². The molecule has 0 aliphatic rings. The van der Waals surface area contributed by atoms with E-state index in [9.17, 15) is 14.4 Å². The average Bonchev–Trinajstić information content (AvgIpc) is 2.68. The van der Waals surface area contributed by atoms with Crippen LogP contribution in [0, 0.1) is 13.8 Å². The SMILES string of the molecule is COc1ccc(NC(=O)Cn2c(=O)c3c(C)cc(C)nc3n(C)c2=O)cc1OC. The molecule has 1 N–H and O–H groups in total. The third kappa shape index (κ3) is 3.71. The van der Waals surface area contributed by atoms with E-state index in [-0.39, 0.29) is 0 Å². The highest BCUT2D eigenvalue weighted by Gasteiger charge is 2.17. The summed E-state index contributed by atoms with van der Waals surface area (Å²) in [4.78, 5) is 42.4. The molecular formula is C20H22N4O5. The highest BCUT2D eigenvalue weighted by atomic mass is 16.5. The van der Waals surface area contributed by atoms with E-state index in [1.807, 2.05) is 0 Å². The molecule has 29 heavy (non-hydrogen) atoms. The van der Waals surface area contributed by atoms with Crippen LogP contribution in [0.4, 0.5) is 5.69 Å². The van der Waals surface area contributed by atoms with E-state index in [2.05, 4.69) is 10.3 Å². The molecule has 0 aliphatic carbocycles. The van der Waals surface area contributed by atoms with Crippen molar-refractivity contribution < 1.29 is 14.3 Å². The lowest BCUT2D eigenvalue weighted by Crippen LogP contribution is -2.42. The van der Waals surface area contributed by atoms with Crippen molar-refractivity contribution in [2.45, 2.75) is 20.4 Å². The number of rotatable bonds is 5. The van der Waals surface area contributed by atoms with E-state index in [1.54, 1.807) is 38.1 Å². The van der Waals surface area contributed by atoms with Gasteiger partial charge in [-0.2, -0.15) is 0 Å². The topological polar surface area (TPSA) is 104 Å². The van der Waals surface area contributed by atoms with Crippen LogP contribution in [0.1, 0.15) is 11.3 Å². The lowest BCUT2D eigenvalue weighted by molar-refractivity contribution is -0.116. The Morgan fingerprint density at radius 1 is 1.10 bits per heavy atom. The number of hydrogen-bond donors (Lipinski definition) is 1. The number of methoxy groups -OCH3 is 2. The van der Waals surface area contributed by atoms with Gasteiger partial charge in [0.25, 0.3) is 5.56 Å².